The summed E-state index contributed by atoms with van der Waals surface area (Å²) in [6, 6.07) is 0. The summed E-state index contributed by atoms with van der Waals surface area (Å²) < 4.78 is 4.92. The van der Waals surface area contributed by atoms with Gasteiger partial charge < -0.3 is 4.74 Å². The smallest absolute Gasteiger partial charge is 0.145 e. The van der Waals surface area contributed by atoms with E-state index in [0.717, 1.165) is 0 Å². The van der Waals surface area contributed by atoms with E-state index in [1.54, 1.807) is 14.0 Å². The van der Waals surface area contributed by atoms with E-state index in [-0.39, 0.29) is 5.78 Å². The fourth-order valence-corrected chi connectivity index (χ4v) is 0.991. The van der Waals surface area contributed by atoms with E-state index in [4.69, 9.17) is 4.74 Å². The molecule has 0 rings (SSSR count). The second kappa shape index (κ2) is 6.87. The molecule has 1 atom stereocenters. The number of Topliss-reactive ketones (excluding diaryl/α,β-unsaturated/α-hetero) is 1. The lowest BCUT2D eigenvalue weighted by atomic mass is 10.0. The van der Waals surface area contributed by atoms with Crippen LogP contribution >= 0.6 is 0 Å². The predicted octanol–water partition coefficient (Wildman–Crippen LogP) is 1.64. The Bertz CT molecular complexity index is 186. The molecule has 2 nitrogen and oxygen atoms in total. The van der Waals surface area contributed by atoms with Crippen molar-refractivity contribution < 1.29 is 9.53 Å². The molecule has 0 aliphatic rings. The van der Waals surface area contributed by atoms with Crippen LogP contribution in [0, 0.1) is 17.8 Å². The molecule has 0 N–H and O–H groups in total. The van der Waals surface area contributed by atoms with Crippen LogP contribution in [0.3, 0.4) is 0 Å². The molecule has 0 aliphatic heterocycles. The van der Waals surface area contributed by atoms with E-state index < -0.39 is 0 Å². The van der Waals surface area contributed by atoms with Crippen molar-refractivity contribution in [2.75, 3.05) is 13.7 Å². The first-order chi connectivity index (χ1) is 5.70. The maximum atomic E-state index is 11.1. The second-order valence-electron chi connectivity index (χ2n) is 2.91. The normalized spacial score (nSPS) is 11.6. The van der Waals surface area contributed by atoms with Crippen LogP contribution in [-0.2, 0) is 9.53 Å². The molecule has 1 unspecified atom stereocenters. The monoisotopic (exact) mass is 168 g/mol. The number of carbonyl (C=O) groups excluding carboxylic acids is 1. The van der Waals surface area contributed by atoms with Crippen LogP contribution in [0.4, 0.5) is 0 Å². The molecule has 0 aromatic carbocycles. The fraction of sp³-hybridized carbons (Fsp3) is 0.700. The molecule has 0 aliphatic carbocycles. The van der Waals surface area contributed by atoms with Crippen LogP contribution in [0.25, 0.3) is 0 Å². The first kappa shape index (κ1) is 11.2. The van der Waals surface area contributed by atoms with Gasteiger partial charge in [-0.25, -0.2) is 0 Å². The lowest BCUT2D eigenvalue weighted by molar-refractivity contribution is -0.119. The van der Waals surface area contributed by atoms with E-state index >= 15 is 0 Å². The van der Waals surface area contributed by atoms with Crippen molar-refractivity contribution in [3.63, 3.8) is 0 Å². The number of hydrogen-bond donors (Lipinski definition) is 0. The van der Waals surface area contributed by atoms with Gasteiger partial charge in [-0.1, -0.05) is 12.8 Å². The summed E-state index contributed by atoms with van der Waals surface area (Å²) in [7, 11) is 1.65. The van der Waals surface area contributed by atoms with Gasteiger partial charge in [0.2, 0.25) is 0 Å². The summed E-state index contributed by atoms with van der Waals surface area (Å²) in [6.45, 7) is 4.39. The lowest BCUT2D eigenvalue weighted by Crippen LogP contribution is -2.09. The number of hydrogen-bond acceptors (Lipinski definition) is 2. The van der Waals surface area contributed by atoms with Crippen LogP contribution in [-0.4, -0.2) is 19.5 Å². The Morgan fingerprint density at radius 2 is 2.25 bits per heavy atom. The highest BCUT2D eigenvalue weighted by Gasteiger charge is 2.06. The maximum absolute atomic E-state index is 11.1. The third-order valence-electron chi connectivity index (χ3n) is 1.49. The van der Waals surface area contributed by atoms with E-state index in [1.165, 1.54) is 0 Å². The molecule has 0 fully saturated rings. The first-order valence-corrected chi connectivity index (χ1v) is 4.11. The Labute approximate surface area is 74.3 Å². The Hall–Kier alpha value is -0.810. The predicted molar refractivity (Wildman–Crippen MR) is 48.7 cm³/mol. The van der Waals surface area contributed by atoms with Gasteiger partial charge in [0, 0.05) is 20.1 Å². The maximum Gasteiger partial charge on any atom is 0.145 e. The van der Waals surface area contributed by atoms with Crippen molar-refractivity contribution in [3.05, 3.63) is 0 Å². The molecular formula is C10H16O2. The minimum Gasteiger partial charge on any atom is -0.384 e. The average Bonchev–Trinajstić information content (AvgIpc) is 2.01. The summed E-state index contributed by atoms with van der Waals surface area (Å²) >= 11 is 0. The number of ether oxygens (including phenoxy) is 1. The largest absolute Gasteiger partial charge is 0.384 e. The van der Waals surface area contributed by atoms with Gasteiger partial charge in [0.25, 0.3) is 0 Å². The second-order valence-corrected chi connectivity index (χ2v) is 2.91. The number of methoxy groups -OCH3 is 1. The van der Waals surface area contributed by atoms with Gasteiger partial charge in [-0.05, 0) is 12.8 Å². The summed E-state index contributed by atoms with van der Waals surface area (Å²) in [4.78, 5) is 11.1. The van der Waals surface area contributed by atoms with E-state index in [0.29, 0.717) is 25.4 Å². The Balaban J connectivity index is 3.58. The summed E-state index contributed by atoms with van der Waals surface area (Å²) in [6.07, 6.45) is 0.951. The van der Waals surface area contributed by atoms with Crippen molar-refractivity contribution >= 4 is 5.78 Å². The molecule has 0 aromatic rings. The Morgan fingerprint density at radius 1 is 1.58 bits per heavy atom. The van der Waals surface area contributed by atoms with Crippen molar-refractivity contribution in [3.8, 4) is 11.8 Å². The highest BCUT2D eigenvalue weighted by atomic mass is 16.5. The van der Waals surface area contributed by atoms with Crippen molar-refractivity contribution in [1.82, 2.24) is 0 Å². The SMILES string of the molecule is CC#CCC(=O)CC(C)COC. The molecule has 0 aromatic heterocycles. The van der Waals surface area contributed by atoms with Gasteiger partial charge >= 0.3 is 0 Å². The van der Waals surface area contributed by atoms with Gasteiger partial charge in [-0.15, -0.1) is 5.92 Å². The van der Waals surface area contributed by atoms with Gasteiger partial charge in [0.05, 0.1) is 6.42 Å². The van der Waals surface area contributed by atoms with E-state index in [9.17, 15) is 4.79 Å². The third-order valence-corrected chi connectivity index (χ3v) is 1.49. The quantitative estimate of drug-likeness (QED) is 0.583. The fourth-order valence-electron chi connectivity index (χ4n) is 0.991. The Kier molecular flexibility index (Phi) is 6.41. The zero-order chi connectivity index (χ0) is 9.40. The van der Waals surface area contributed by atoms with Gasteiger partial charge in [-0.3, -0.25) is 4.79 Å². The molecule has 0 bridgehead atoms. The van der Waals surface area contributed by atoms with Crippen LogP contribution in [0.15, 0.2) is 0 Å². The molecule has 0 saturated heterocycles. The van der Waals surface area contributed by atoms with Gasteiger partial charge in [-0.2, -0.15) is 0 Å². The number of ketones is 1. The molecule has 2 heteroatoms. The summed E-state index contributed by atoms with van der Waals surface area (Å²) in [5.74, 6) is 5.97. The molecule has 0 heterocycles. The lowest BCUT2D eigenvalue weighted by Gasteiger charge is -2.06. The average molecular weight is 168 g/mol. The van der Waals surface area contributed by atoms with Gasteiger partial charge in [0.1, 0.15) is 5.78 Å². The first-order valence-electron chi connectivity index (χ1n) is 4.11. The van der Waals surface area contributed by atoms with Crippen LogP contribution in [0.5, 0.6) is 0 Å². The molecular weight excluding hydrogens is 152 g/mol. The standard InChI is InChI=1S/C10H16O2/c1-4-5-6-10(11)7-9(2)8-12-3/h9H,6-8H2,1-3H3. The van der Waals surface area contributed by atoms with Crippen LogP contribution < -0.4 is 0 Å². The zero-order valence-electron chi connectivity index (χ0n) is 8.02. The molecule has 68 valence electrons. The van der Waals surface area contributed by atoms with Crippen LogP contribution in [0.1, 0.15) is 26.7 Å². The highest BCUT2D eigenvalue weighted by Crippen LogP contribution is 2.03. The van der Waals surface area contributed by atoms with E-state index in [2.05, 4.69) is 11.8 Å². The van der Waals surface area contributed by atoms with Crippen molar-refractivity contribution in [2.24, 2.45) is 5.92 Å². The van der Waals surface area contributed by atoms with E-state index in [1.807, 2.05) is 6.92 Å². The minimum atomic E-state index is 0.203. The van der Waals surface area contributed by atoms with Crippen LogP contribution in [0.2, 0.25) is 0 Å². The molecule has 0 radical (unpaired) electrons. The highest BCUT2D eigenvalue weighted by molar-refractivity contribution is 5.80. The summed E-state index contributed by atoms with van der Waals surface area (Å²) in [5, 5.41) is 0. The molecule has 12 heavy (non-hydrogen) atoms. The van der Waals surface area contributed by atoms with Crippen molar-refractivity contribution in [1.29, 1.82) is 0 Å². The van der Waals surface area contributed by atoms with Crippen molar-refractivity contribution in [2.45, 2.75) is 26.7 Å². The minimum absolute atomic E-state index is 0.203. The van der Waals surface area contributed by atoms with Gasteiger partial charge in [0.15, 0.2) is 0 Å². The molecule has 0 saturated carbocycles. The number of carbonyl (C=O) groups is 1. The summed E-state index contributed by atoms with van der Waals surface area (Å²) in [5.41, 5.74) is 0. The topological polar surface area (TPSA) is 26.3 Å². The number of rotatable bonds is 5. The zero-order valence-corrected chi connectivity index (χ0v) is 8.02. The third kappa shape index (κ3) is 5.94. The molecule has 0 spiro atoms. The molecule has 0 amide bonds. The Morgan fingerprint density at radius 3 is 2.75 bits per heavy atom.